The highest BCUT2D eigenvalue weighted by atomic mass is 79.9. The number of aryl methyl sites for hydroxylation is 1. The molecule has 0 bridgehead atoms. The van der Waals surface area contributed by atoms with Crippen LogP contribution in [0.25, 0.3) is 0 Å². The molecule has 0 saturated carbocycles. The highest BCUT2D eigenvalue weighted by Gasteiger charge is 2.26. The van der Waals surface area contributed by atoms with Crippen molar-refractivity contribution in [1.29, 1.82) is 0 Å². The van der Waals surface area contributed by atoms with Crippen LogP contribution in [0.3, 0.4) is 0 Å². The number of halogens is 1. The van der Waals surface area contributed by atoms with Crippen LogP contribution in [0, 0.1) is 0 Å². The van der Waals surface area contributed by atoms with Crippen LogP contribution < -0.4 is 5.32 Å². The van der Waals surface area contributed by atoms with Crippen LogP contribution in [0.1, 0.15) is 30.4 Å². The lowest BCUT2D eigenvalue weighted by Crippen LogP contribution is -2.40. The van der Waals surface area contributed by atoms with Crippen molar-refractivity contribution < 1.29 is 0 Å². The summed E-state index contributed by atoms with van der Waals surface area (Å²) in [6, 6.07) is 8.34. The topological polar surface area (TPSA) is 45.5 Å². The van der Waals surface area contributed by atoms with Crippen LogP contribution in [0.5, 0.6) is 0 Å². The Kier molecular flexibility index (Phi) is 5.56. The van der Waals surface area contributed by atoms with E-state index in [2.05, 4.69) is 68.6 Å². The molecule has 2 aromatic rings. The van der Waals surface area contributed by atoms with Crippen molar-refractivity contribution in [2.75, 3.05) is 19.6 Å². The Bertz CT molecular complexity index is 692. The number of benzene rings is 1. The standard InChI is InChI=1S/C18H24BrN5/c1-3-20-18(21-10-14-4-6-17(19)7-5-14)24-9-8-15(13-24)16-11-22-23(2)12-16/h4-7,11-12,15H,3,8-10,13H2,1-2H3,(H,20,21). The predicted molar refractivity (Wildman–Crippen MR) is 101 cm³/mol. The molecule has 1 aromatic carbocycles. The fourth-order valence-corrected chi connectivity index (χ4v) is 3.32. The van der Waals surface area contributed by atoms with Gasteiger partial charge in [0.15, 0.2) is 5.96 Å². The molecule has 0 aliphatic carbocycles. The van der Waals surface area contributed by atoms with Gasteiger partial charge < -0.3 is 10.2 Å². The van der Waals surface area contributed by atoms with Gasteiger partial charge in [-0.1, -0.05) is 28.1 Å². The van der Waals surface area contributed by atoms with Crippen LogP contribution in [0.15, 0.2) is 46.1 Å². The maximum atomic E-state index is 4.82. The summed E-state index contributed by atoms with van der Waals surface area (Å²) in [5, 5.41) is 7.73. The second-order valence-corrected chi connectivity index (χ2v) is 7.09. The molecule has 24 heavy (non-hydrogen) atoms. The molecular formula is C18H24BrN5. The molecular weight excluding hydrogens is 366 g/mol. The van der Waals surface area contributed by atoms with E-state index in [1.807, 2.05) is 17.9 Å². The van der Waals surface area contributed by atoms with Gasteiger partial charge in [0, 0.05) is 43.3 Å². The highest BCUT2D eigenvalue weighted by molar-refractivity contribution is 9.10. The molecule has 3 rings (SSSR count). The SMILES string of the molecule is CCNC(=NCc1ccc(Br)cc1)N1CCC(c2cnn(C)c2)C1. The zero-order valence-corrected chi connectivity index (χ0v) is 15.8. The average molecular weight is 390 g/mol. The van der Waals surface area contributed by atoms with Gasteiger partial charge in [0.1, 0.15) is 0 Å². The van der Waals surface area contributed by atoms with E-state index in [1.54, 1.807) is 0 Å². The van der Waals surface area contributed by atoms with Crippen LogP contribution >= 0.6 is 15.9 Å². The second-order valence-electron chi connectivity index (χ2n) is 6.18. The minimum absolute atomic E-state index is 0.537. The third-order valence-electron chi connectivity index (χ3n) is 4.34. The van der Waals surface area contributed by atoms with Gasteiger partial charge in [-0.05, 0) is 36.6 Å². The van der Waals surface area contributed by atoms with Gasteiger partial charge in [0.05, 0.1) is 12.7 Å². The summed E-state index contributed by atoms with van der Waals surface area (Å²) in [6.45, 7) is 5.73. The van der Waals surface area contributed by atoms with Gasteiger partial charge in [0.25, 0.3) is 0 Å². The van der Waals surface area contributed by atoms with Crippen molar-refractivity contribution in [2.45, 2.75) is 25.8 Å². The molecule has 128 valence electrons. The highest BCUT2D eigenvalue weighted by Crippen LogP contribution is 2.26. The number of hydrogen-bond acceptors (Lipinski definition) is 2. The lowest BCUT2D eigenvalue weighted by Gasteiger charge is -2.21. The van der Waals surface area contributed by atoms with Gasteiger partial charge in [-0.25, -0.2) is 4.99 Å². The first-order valence-corrected chi connectivity index (χ1v) is 9.21. The number of nitrogens with one attached hydrogen (secondary N) is 1. The third-order valence-corrected chi connectivity index (χ3v) is 4.87. The zero-order valence-electron chi connectivity index (χ0n) is 14.2. The van der Waals surface area contributed by atoms with Crippen molar-refractivity contribution in [3.8, 4) is 0 Å². The summed E-state index contributed by atoms with van der Waals surface area (Å²) in [7, 11) is 1.97. The molecule has 1 fully saturated rings. The molecule has 0 amide bonds. The van der Waals surface area contributed by atoms with Gasteiger partial charge in [-0.2, -0.15) is 5.10 Å². The lowest BCUT2D eigenvalue weighted by molar-refractivity contribution is 0.486. The number of aliphatic imine (C=N–C) groups is 1. The summed E-state index contributed by atoms with van der Waals surface area (Å²) < 4.78 is 2.98. The van der Waals surface area contributed by atoms with Crippen molar-refractivity contribution in [1.82, 2.24) is 20.0 Å². The Morgan fingerprint density at radius 1 is 1.38 bits per heavy atom. The minimum Gasteiger partial charge on any atom is -0.357 e. The fraction of sp³-hybridized carbons (Fsp3) is 0.444. The van der Waals surface area contributed by atoms with E-state index in [-0.39, 0.29) is 0 Å². The van der Waals surface area contributed by atoms with E-state index in [4.69, 9.17) is 4.99 Å². The van der Waals surface area contributed by atoms with Crippen LogP contribution in [0.2, 0.25) is 0 Å². The van der Waals surface area contributed by atoms with Crippen LogP contribution in [-0.2, 0) is 13.6 Å². The van der Waals surface area contributed by atoms with E-state index >= 15 is 0 Å². The first-order chi connectivity index (χ1) is 11.7. The summed E-state index contributed by atoms with van der Waals surface area (Å²) >= 11 is 3.47. The van der Waals surface area contributed by atoms with Crippen molar-refractivity contribution >= 4 is 21.9 Å². The maximum absolute atomic E-state index is 4.82. The molecule has 1 aliphatic rings. The molecule has 1 aromatic heterocycles. The Morgan fingerprint density at radius 3 is 2.83 bits per heavy atom. The zero-order chi connectivity index (χ0) is 16.9. The molecule has 1 N–H and O–H groups in total. The number of guanidine groups is 1. The van der Waals surface area contributed by atoms with Crippen LogP contribution in [0.4, 0.5) is 0 Å². The van der Waals surface area contributed by atoms with Crippen LogP contribution in [-0.4, -0.2) is 40.3 Å². The molecule has 1 atom stereocenters. The average Bonchev–Trinajstić information content (AvgIpc) is 3.22. The number of rotatable bonds is 4. The summed E-state index contributed by atoms with van der Waals surface area (Å²) in [5.74, 6) is 1.54. The van der Waals surface area contributed by atoms with Gasteiger partial charge in [0.2, 0.25) is 0 Å². The third kappa shape index (κ3) is 4.17. The molecule has 0 spiro atoms. The smallest absolute Gasteiger partial charge is 0.194 e. The van der Waals surface area contributed by atoms with Crippen molar-refractivity contribution in [3.05, 3.63) is 52.3 Å². The van der Waals surface area contributed by atoms with Gasteiger partial charge in [-0.3, -0.25) is 4.68 Å². The molecule has 5 nitrogen and oxygen atoms in total. The molecule has 6 heteroatoms. The normalized spacial score (nSPS) is 18.2. The first kappa shape index (κ1) is 17.0. The summed E-state index contributed by atoms with van der Waals surface area (Å²) in [6.07, 6.45) is 5.26. The fourth-order valence-electron chi connectivity index (χ4n) is 3.06. The minimum atomic E-state index is 0.537. The summed E-state index contributed by atoms with van der Waals surface area (Å²) in [4.78, 5) is 7.19. The van der Waals surface area contributed by atoms with Crippen molar-refractivity contribution in [2.24, 2.45) is 12.0 Å². The van der Waals surface area contributed by atoms with Gasteiger partial charge >= 0.3 is 0 Å². The number of likely N-dealkylation sites (tertiary alicyclic amines) is 1. The quantitative estimate of drug-likeness (QED) is 0.645. The first-order valence-electron chi connectivity index (χ1n) is 8.42. The predicted octanol–water partition coefficient (Wildman–Crippen LogP) is 3.14. The van der Waals surface area contributed by atoms with Gasteiger partial charge in [-0.15, -0.1) is 0 Å². The summed E-state index contributed by atoms with van der Waals surface area (Å²) in [5.41, 5.74) is 2.54. The Hall–Kier alpha value is -1.82. The largest absolute Gasteiger partial charge is 0.357 e. The van der Waals surface area contributed by atoms with E-state index in [0.29, 0.717) is 12.5 Å². The number of nitrogens with zero attached hydrogens (tertiary/aromatic N) is 4. The van der Waals surface area contributed by atoms with Crippen molar-refractivity contribution in [3.63, 3.8) is 0 Å². The lowest BCUT2D eigenvalue weighted by atomic mass is 10.0. The van der Waals surface area contributed by atoms with E-state index < -0.39 is 0 Å². The van der Waals surface area contributed by atoms with E-state index in [0.717, 1.165) is 36.5 Å². The Balaban J connectivity index is 1.66. The second kappa shape index (κ2) is 7.83. The molecule has 1 unspecified atom stereocenters. The number of hydrogen-bond donors (Lipinski definition) is 1. The molecule has 1 saturated heterocycles. The Morgan fingerprint density at radius 2 is 2.17 bits per heavy atom. The monoisotopic (exact) mass is 389 g/mol. The molecule has 1 aliphatic heterocycles. The Labute approximate surface area is 151 Å². The molecule has 0 radical (unpaired) electrons. The maximum Gasteiger partial charge on any atom is 0.194 e. The molecule has 2 heterocycles. The van der Waals surface area contributed by atoms with E-state index in [9.17, 15) is 0 Å². The van der Waals surface area contributed by atoms with E-state index in [1.165, 1.54) is 11.1 Å². The number of aromatic nitrogens is 2.